The van der Waals surface area contributed by atoms with Gasteiger partial charge in [-0.15, -0.1) is 23.1 Å². The average molecular weight is 483 g/mol. The van der Waals surface area contributed by atoms with Crippen LogP contribution in [0.1, 0.15) is 16.0 Å². The number of pyridine rings is 1. The molecule has 0 saturated carbocycles. The number of aromatic nitrogens is 3. The molecule has 164 valence electrons. The first-order chi connectivity index (χ1) is 15.4. The summed E-state index contributed by atoms with van der Waals surface area (Å²) in [5.74, 6) is 0.792. The second-order valence-corrected chi connectivity index (χ2v) is 10.4. The lowest BCUT2D eigenvalue weighted by Gasteiger charge is -2.09. The van der Waals surface area contributed by atoms with Gasteiger partial charge in [-0.1, -0.05) is 30.0 Å². The molecule has 32 heavy (non-hydrogen) atoms. The van der Waals surface area contributed by atoms with E-state index in [2.05, 4.69) is 15.3 Å². The highest BCUT2D eigenvalue weighted by Gasteiger charge is 2.16. The van der Waals surface area contributed by atoms with Crippen molar-refractivity contribution in [1.29, 1.82) is 0 Å². The van der Waals surface area contributed by atoms with E-state index in [1.165, 1.54) is 27.7 Å². The Morgan fingerprint density at radius 3 is 2.78 bits per heavy atom. The van der Waals surface area contributed by atoms with Crippen LogP contribution in [0, 0.1) is 13.8 Å². The van der Waals surface area contributed by atoms with Gasteiger partial charge < -0.3 is 5.32 Å². The summed E-state index contributed by atoms with van der Waals surface area (Å²) in [6, 6.07) is 13.6. The van der Waals surface area contributed by atoms with Gasteiger partial charge >= 0.3 is 0 Å². The number of carbonyl (C=O) groups excluding carboxylic acids is 1. The van der Waals surface area contributed by atoms with Gasteiger partial charge in [0.25, 0.3) is 5.56 Å². The number of benzene rings is 1. The van der Waals surface area contributed by atoms with Crippen molar-refractivity contribution in [2.75, 3.05) is 11.1 Å². The van der Waals surface area contributed by atoms with Crippen LogP contribution >= 0.6 is 34.9 Å². The summed E-state index contributed by atoms with van der Waals surface area (Å²) in [6.07, 6.45) is 1.78. The van der Waals surface area contributed by atoms with Crippen molar-refractivity contribution in [3.63, 3.8) is 0 Å². The molecule has 0 aliphatic carbocycles. The second-order valence-electron chi connectivity index (χ2n) is 7.22. The van der Waals surface area contributed by atoms with Crippen LogP contribution in [0.2, 0.25) is 0 Å². The molecule has 1 N–H and O–H groups in total. The molecular formula is C23H22N4O2S3. The zero-order chi connectivity index (χ0) is 22.7. The molecule has 0 fully saturated rings. The van der Waals surface area contributed by atoms with Gasteiger partial charge in [0.15, 0.2) is 5.16 Å². The molecule has 4 rings (SSSR count). The van der Waals surface area contributed by atoms with Crippen molar-refractivity contribution in [1.82, 2.24) is 14.5 Å². The first kappa shape index (κ1) is 22.6. The number of thiophene rings is 1. The molecule has 0 spiro atoms. The fourth-order valence-electron chi connectivity index (χ4n) is 3.14. The second kappa shape index (κ2) is 9.89. The molecule has 9 heteroatoms. The monoisotopic (exact) mass is 482 g/mol. The minimum absolute atomic E-state index is 0.0714. The molecule has 1 amide bonds. The van der Waals surface area contributed by atoms with Crippen LogP contribution in [0.3, 0.4) is 0 Å². The summed E-state index contributed by atoms with van der Waals surface area (Å²) in [6.45, 7) is 3.94. The quantitative estimate of drug-likeness (QED) is 0.294. The standard InChI is InChI=1S/C23H22N4O2S3/c1-14-15(2)32-21-20(14)22(29)27(3)23(26-21)31-13-18(28)25-17-8-6-7-16(11-17)12-30-19-9-4-5-10-24-19/h4-11H,12-13H2,1-3H3,(H,25,28). The Morgan fingerprint density at radius 1 is 1.16 bits per heavy atom. The Labute approximate surface area is 198 Å². The Kier molecular flexibility index (Phi) is 6.98. The van der Waals surface area contributed by atoms with E-state index < -0.39 is 0 Å². The molecule has 3 aromatic heterocycles. The normalized spacial score (nSPS) is 11.1. The Bertz CT molecular complexity index is 1330. The van der Waals surface area contributed by atoms with Crippen LogP contribution in [-0.2, 0) is 17.6 Å². The maximum atomic E-state index is 12.7. The lowest BCUT2D eigenvalue weighted by Crippen LogP contribution is -2.21. The van der Waals surface area contributed by atoms with Crippen molar-refractivity contribution in [2.45, 2.75) is 29.8 Å². The summed E-state index contributed by atoms with van der Waals surface area (Å²) in [5, 5.41) is 5.11. The van der Waals surface area contributed by atoms with E-state index in [1.807, 2.05) is 56.3 Å². The van der Waals surface area contributed by atoms with Crippen LogP contribution in [0.5, 0.6) is 0 Å². The van der Waals surface area contributed by atoms with Gasteiger partial charge in [0.1, 0.15) is 4.83 Å². The van der Waals surface area contributed by atoms with E-state index in [1.54, 1.807) is 25.0 Å². The number of rotatable bonds is 7. The van der Waals surface area contributed by atoms with E-state index >= 15 is 0 Å². The molecule has 0 aliphatic rings. The van der Waals surface area contributed by atoms with Gasteiger partial charge in [0, 0.05) is 29.6 Å². The molecule has 0 radical (unpaired) electrons. The van der Waals surface area contributed by atoms with Crippen molar-refractivity contribution >= 4 is 56.7 Å². The van der Waals surface area contributed by atoms with E-state index in [9.17, 15) is 9.59 Å². The molecule has 1 aromatic carbocycles. The lowest BCUT2D eigenvalue weighted by atomic mass is 10.2. The average Bonchev–Trinajstić information content (AvgIpc) is 3.08. The van der Waals surface area contributed by atoms with Crippen molar-refractivity contribution < 1.29 is 4.79 Å². The molecule has 0 atom stereocenters. The number of anilines is 1. The van der Waals surface area contributed by atoms with Gasteiger partial charge in [-0.25, -0.2) is 9.97 Å². The Hall–Kier alpha value is -2.62. The molecule has 6 nitrogen and oxygen atoms in total. The third kappa shape index (κ3) is 5.06. The molecule has 0 saturated heterocycles. The van der Waals surface area contributed by atoms with E-state index in [4.69, 9.17) is 0 Å². The van der Waals surface area contributed by atoms with Crippen molar-refractivity contribution in [2.24, 2.45) is 7.05 Å². The van der Waals surface area contributed by atoms with Crippen LogP contribution in [0.25, 0.3) is 10.2 Å². The number of hydrogen-bond acceptors (Lipinski definition) is 7. The number of aryl methyl sites for hydroxylation is 2. The predicted molar refractivity (Wildman–Crippen MR) is 134 cm³/mol. The SMILES string of the molecule is Cc1sc2nc(SCC(=O)Nc3cccc(CSc4ccccn4)c3)n(C)c(=O)c2c1C. The largest absolute Gasteiger partial charge is 0.325 e. The maximum absolute atomic E-state index is 12.7. The fourth-order valence-corrected chi connectivity index (χ4v) is 5.79. The van der Waals surface area contributed by atoms with Crippen molar-refractivity contribution in [3.8, 4) is 0 Å². The minimum Gasteiger partial charge on any atom is -0.325 e. The molecule has 0 aliphatic heterocycles. The van der Waals surface area contributed by atoms with Gasteiger partial charge in [-0.2, -0.15) is 0 Å². The van der Waals surface area contributed by atoms with Gasteiger partial charge in [-0.05, 0) is 49.2 Å². The summed E-state index contributed by atoms with van der Waals surface area (Å²) < 4.78 is 1.52. The Morgan fingerprint density at radius 2 is 2.00 bits per heavy atom. The van der Waals surface area contributed by atoms with E-state index in [0.29, 0.717) is 10.5 Å². The zero-order valence-corrected chi connectivity index (χ0v) is 20.4. The number of hydrogen-bond donors (Lipinski definition) is 1. The number of nitrogens with one attached hydrogen (secondary N) is 1. The lowest BCUT2D eigenvalue weighted by molar-refractivity contribution is -0.113. The fraction of sp³-hybridized carbons (Fsp3) is 0.217. The van der Waals surface area contributed by atoms with E-state index in [0.717, 1.165) is 37.3 Å². The summed E-state index contributed by atoms with van der Waals surface area (Å²) in [7, 11) is 1.70. The molecular weight excluding hydrogens is 460 g/mol. The molecule has 0 bridgehead atoms. The summed E-state index contributed by atoms with van der Waals surface area (Å²) in [5.41, 5.74) is 2.76. The third-order valence-electron chi connectivity index (χ3n) is 4.94. The van der Waals surface area contributed by atoms with Crippen LogP contribution in [-0.4, -0.2) is 26.2 Å². The van der Waals surface area contributed by atoms with Crippen LogP contribution in [0.4, 0.5) is 5.69 Å². The van der Waals surface area contributed by atoms with Crippen molar-refractivity contribution in [3.05, 3.63) is 75.0 Å². The third-order valence-corrected chi connectivity index (χ3v) is 8.08. The van der Waals surface area contributed by atoms with Gasteiger partial charge in [-0.3, -0.25) is 14.2 Å². The number of amides is 1. The number of nitrogens with zero attached hydrogens (tertiary/aromatic N) is 3. The zero-order valence-electron chi connectivity index (χ0n) is 17.9. The number of carbonyl (C=O) groups is 1. The minimum atomic E-state index is -0.141. The highest BCUT2D eigenvalue weighted by Crippen LogP contribution is 2.28. The van der Waals surface area contributed by atoms with Crippen LogP contribution in [0.15, 0.2) is 63.6 Å². The number of fused-ring (bicyclic) bond motifs is 1. The first-order valence-electron chi connectivity index (χ1n) is 9.94. The Balaban J connectivity index is 1.39. The topological polar surface area (TPSA) is 76.9 Å². The molecule has 4 aromatic rings. The first-order valence-corrected chi connectivity index (χ1v) is 12.7. The highest BCUT2D eigenvalue weighted by molar-refractivity contribution is 7.99. The summed E-state index contributed by atoms with van der Waals surface area (Å²) in [4.78, 5) is 36.0. The maximum Gasteiger partial charge on any atom is 0.262 e. The predicted octanol–water partition coefficient (Wildman–Crippen LogP) is 5.03. The molecule has 3 heterocycles. The summed E-state index contributed by atoms with van der Waals surface area (Å²) >= 11 is 4.42. The highest BCUT2D eigenvalue weighted by atomic mass is 32.2. The van der Waals surface area contributed by atoms with Crippen LogP contribution < -0.4 is 10.9 Å². The molecule has 0 unspecified atom stereocenters. The number of thioether (sulfide) groups is 2. The van der Waals surface area contributed by atoms with E-state index in [-0.39, 0.29) is 17.2 Å². The van der Waals surface area contributed by atoms with Gasteiger partial charge in [0.2, 0.25) is 5.91 Å². The smallest absolute Gasteiger partial charge is 0.262 e. The van der Waals surface area contributed by atoms with Gasteiger partial charge in [0.05, 0.1) is 16.2 Å².